The summed E-state index contributed by atoms with van der Waals surface area (Å²) in [5, 5.41) is 20.2. The molecule has 252 valence electrons. The summed E-state index contributed by atoms with van der Waals surface area (Å²) >= 11 is 0. The van der Waals surface area contributed by atoms with Crippen LogP contribution in [0.25, 0.3) is 0 Å². The molecule has 9 heteroatoms. The number of unbranched alkanes of at least 4 members (excludes halogenated alkanes) is 16. The number of carboxylic acids is 2. The van der Waals surface area contributed by atoms with Crippen LogP contribution in [0, 0.1) is 5.92 Å². The fourth-order valence-corrected chi connectivity index (χ4v) is 4.93. The van der Waals surface area contributed by atoms with E-state index in [1.807, 2.05) is 0 Å². The van der Waals surface area contributed by atoms with Gasteiger partial charge < -0.3 is 25.0 Å². The highest BCUT2D eigenvalue weighted by atomic mass is 16.5. The van der Waals surface area contributed by atoms with Crippen molar-refractivity contribution in [2.75, 3.05) is 33.0 Å². The van der Waals surface area contributed by atoms with Crippen molar-refractivity contribution in [3.8, 4) is 0 Å². The molecule has 0 aromatic rings. The first kappa shape index (κ1) is 41.0. The van der Waals surface area contributed by atoms with E-state index in [4.69, 9.17) is 19.7 Å². The average molecular weight is 614 g/mol. The normalized spacial score (nSPS) is 11.8. The molecule has 0 rings (SSSR count). The molecule has 1 atom stereocenters. The van der Waals surface area contributed by atoms with Crippen molar-refractivity contribution in [2.45, 2.75) is 155 Å². The lowest BCUT2D eigenvalue weighted by Gasteiger charge is -2.08. The number of carbonyl (C=O) groups excluding carboxylic acids is 2. The number of carboxylic acid groups (broad SMARTS) is 2. The Kier molecular flexibility index (Phi) is 30.0. The number of ether oxygens (including phenoxy) is 2. The van der Waals surface area contributed by atoms with Gasteiger partial charge in [0.2, 0.25) is 5.91 Å². The molecule has 0 radical (unpaired) electrons. The van der Waals surface area contributed by atoms with Crippen LogP contribution in [0.15, 0.2) is 0 Å². The first-order valence-electron chi connectivity index (χ1n) is 17.2. The SMILES string of the molecule is C[C@@H](CCCCNC(=O)COCCOCCCC(=O)CCCCCCCCCCCCCCCCCCC(=O)O)C(=O)O. The van der Waals surface area contributed by atoms with Gasteiger partial charge in [-0.2, -0.15) is 0 Å². The predicted octanol–water partition coefficient (Wildman–Crippen LogP) is 7.48. The molecule has 0 spiro atoms. The van der Waals surface area contributed by atoms with Gasteiger partial charge >= 0.3 is 11.9 Å². The minimum absolute atomic E-state index is 0.0187. The molecule has 0 heterocycles. The fourth-order valence-electron chi connectivity index (χ4n) is 4.93. The minimum atomic E-state index is -0.787. The zero-order chi connectivity index (χ0) is 31.8. The topological polar surface area (TPSA) is 139 Å². The highest BCUT2D eigenvalue weighted by Gasteiger charge is 2.10. The van der Waals surface area contributed by atoms with E-state index in [-0.39, 0.29) is 18.4 Å². The van der Waals surface area contributed by atoms with Crippen LogP contribution in [0.3, 0.4) is 0 Å². The molecule has 43 heavy (non-hydrogen) atoms. The molecule has 0 aromatic heterocycles. The molecule has 0 aliphatic rings. The molecule has 0 fully saturated rings. The van der Waals surface area contributed by atoms with Gasteiger partial charge in [0.15, 0.2) is 0 Å². The number of ketones is 1. The largest absolute Gasteiger partial charge is 0.481 e. The number of hydrogen-bond acceptors (Lipinski definition) is 6. The van der Waals surface area contributed by atoms with E-state index >= 15 is 0 Å². The lowest BCUT2D eigenvalue weighted by atomic mass is 10.0. The van der Waals surface area contributed by atoms with Crippen molar-refractivity contribution in [3.05, 3.63) is 0 Å². The smallest absolute Gasteiger partial charge is 0.306 e. The number of rotatable bonds is 34. The number of aliphatic carboxylic acids is 2. The number of amides is 1. The first-order chi connectivity index (χ1) is 20.8. The third kappa shape index (κ3) is 32.7. The highest BCUT2D eigenvalue weighted by molar-refractivity contribution is 5.78. The fraction of sp³-hybridized carbons (Fsp3) is 0.882. The molecule has 0 aliphatic carbocycles. The summed E-state index contributed by atoms with van der Waals surface area (Å²) in [6.45, 7) is 3.43. The third-order valence-corrected chi connectivity index (χ3v) is 7.75. The van der Waals surface area contributed by atoms with Gasteiger partial charge in [-0.25, -0.2) is 0 Å². The minimum Gasteiger partial charge on any atom is -0.481 e. The number of hydrogen-bond donors (Lipinski definition) is 3. The van der Waals surface area contributed by atoms with Crippen molar-refractivity contribution in [3.63, 3.8) is 0 Å². The van der Waals surface area contributed by atoms with Crippen molar-refractivity contribution >= 4 is 23.6 Å². The average Bonchev–Trinajstić information content (AvgIpc) is 2.97. The molecule has 3 N–H and O–H groups in total. The second-order valence-corrected chi connectivity index (χ2v) is 11.9. The molecule has 1 amide bonds. The maximum absolute atomic E-state index is 12.1. The Morgan fingerprint density at radius 2 is 1.02 bits per heavy atom. The van der Waals surface area contributed by atoms with Crippen LogP contribution in [-0.4, -0.2) is 66.8 Å². The van der Waals surface area contributed by atoms with Crippen molar-refractivity contribution in [1.82, 2.24) is 5.32 Å². The summed E-state index contributed by atoms with van der Waals surface area (Å²) in [5.41, 5.74) is 0. The summed E-state index contributed by atoms with van der Waals surface area (Å²) in [5.74, 6) is -1.69. The highest BCUT2D eigenvalue weighted by Crippen LogP contribution is 2.15. The van der Waals surface area contributed by atoms with E-state index in [2.05, 4.69) is 5.32 Å². The van der Waals surface area contributed by atoms with Gasteiger partial charge in [-0.05, 0) is 32.1 Å². The Morgan fingerprint density at radius 1 is 0.558 bits per heavy atom. The lowest BCUT2D eigenvalue weighted by Crippen LogP contribution is -2.29. The second kappa shape index (κ2) is 31.4. The molecule has 9 nitrogen and oxygen atoms in total. The van der Waals surface area contributed by atoms with Gasteiger partial charge in [0.05, 0.1) is 19.1 Å². The quantitative estimate of drug-likeness (QED) is 0.0635. The Balaban J connectivity index is 3.27. The van der Waals surface area contributed by atoms with Crippen molar-refractivity contribution < 1.29 is 38.9 Å². The maximum Gasteiger partial charge on any atom is 0.306 e. The summed E-state index contributed by atoms with van der Waals surface area (Å²) in [6, 6.07) is 0. The molecular formula is C34H63NO8. The molecule has 0 saturated carbocycles. The van der Waals surface area contributed by atoms with Gasteiger partial charge in [-0.1, -0.05) is 103 Å². The van der Waals surface area contributed by atoms with Crippen LogP contribution in [-0.2, 0) is 28.7 Å². The van der Waals surface area contributed by atoms with Crippen molar-refractivity contribution in [2.24, 2.45) is 5.92 Å². The van der Waals surface area contributed by atoms with Crippen LogP contribution in [0.4, 0.5) is 0 Å². The van der Waals surface area contributed by atoms with Gasteiger partial charge in [-0.15, -0.1) is 0 Å². The second-order valence-electron chi connectivity index (χ2n) is 11.9. The van der Waals surface area contributed by atoms with E-state index in [0.29, 0.717) is 64.3 Å². The summed E-state index contributed by atoms with van der Waals surface area (Å²) in [7, 11) is 0. The number of carbonyl (C=O) groups is 4. The molecule has 0 aliphatic heterocycles. The van der Waals surface area contributed by atoms with Crippen LogP contribution in [0.5, 0.6) is 0 Å². The zero-order valence-electron chi connectivity index (χ0n) is 27.2. The summed E-state index contributed by atoms with van der Waals surface area (Å²) in [6.07, 6.45) is 23.8. The molecule has 0 aromatic carbocycles. The molecular weight excluding hydrogens is 550 g/mol. The number of Topliss-reactive ketones (excluding diaryl/α,β-unsaturated/α-hetero) is 1. The van der Waals surface area contributed by atoms with E-state index < -0.39 is 11.9 Å². The number of nitrogens with one attached hydrogen (secondary N) is 1. The third-order valence-electron chi connectivity index (χ3n) is 7.75. The van der Waals surface area contributed by atoms with Gasteiger partial charge in [0, 0.05) is 32.4 Å². The monoisotopic (exact) mass is 613 g/mol. The summed E-state index contributed by atoms with van der Waals surface area (Å²) < 4.78 is 10.8. The van der Waals surface area contributed by atoms with Gasteiger partial charge in [-0.3, -0.25) is 19.2 Å². The van der Waals surface area contributed by atoms with E-state index in [0.717, 1.165) is 38.5 Å². The lowest BCUT2D eigenvalue weighted by molar-refractivity contribution is -0.141. The van der Waals surface area contributed by atoms with Gasteiger partial charge in [0.1, 0.15) is 12.4 Å². The van der Waals surface area contributed by atoms with Crippen molar-refractivity contribution in [1.29, 1.82) is 0 Å². The predicted molar refractivity (Wildman–Crippen MR) is 170 cm³/mol. The molecule has 0 unspecified atom stereocenters. The molecule has 0 bridgehead atoms. The van der Waals surface area contributed by atoms with E-state index in [9.17, 15) is 19.2 Å². The standard InChI is InChI=1S/C34H63NO8/c1-30(34(40)41)21-18-19-25-35-32(37)29-43-28-27-42-26-20-23-31(36)22-16-14-12-10-8-6-4-2-3-5-7-9-11-13-15-17-24-33(38)39/h30H,2-29H2,1H3,(H,35,37)(H,38,39)(H,40,41)/t30-/m0/s1. The summed E-state index contributed by atoms with van der Waals surface area (Å²) in [4.78, 5) is 45.0. The Hall–Kier alpha value is -2.00. The van der Waals surface area contributed by atoms with Gasteiger partial charge in [0.25, 0.3) is 0 Å². The van der Waals surface area contributed by atoms with Crippen LogP contribution >= 0.6 is 0 Å². The maximum atomic E-state index is 12.1. The Morgan fingerprint density at radius 3 is 1.53 bits per heavy atom. The Labute approximate surface area is 261 Å². The Bertz CT molecular complexity index is 700. The first-order valence-corrected chi connectivity index (χ1v) is 17.2. The molecule has 0 saturated heterocycles. The van der Waals surface area contributed by atoms with E-state index in [1.54, 1.807) is 6.92 Å². The van der Waals surface area contributed by atoms with E-state index in [1.165, 1.54) is 77.0 Å². The van der Waals surface area contributed by atoms with Crippen LogP contribution in [0.2, 0.25) is 0 Å². The van der Waals surface area contributed by atoms with Crippen LogP contribution in [0.1, 0.15) is 155 Å². The zero-order valence-corrected chi connectivity index (χ0v) is 27.2. The van der Waals surface area contributed by atoms with Crippen LogP contribution < -0.4 is 5.32 Å².